The van der Waals surface area contributed by atoms with Gasteiger partial charge in [0.25, 0.3) is 5.91 Å². The molecule has 0 unspecified atom stereocenters. The van der Waals surface area contributed by atoms with E-state index in [4.69, 9.17) is 20.4 Å². The number of benzene rings is 1. The van der Waals surface area contributed by atoms with Crippen LogP contribution >= 0.6 is 11.6 Å². The molecule has 3 aromatic rings. The van der Waals surface area contributed by atoms with E-state index in [-0.39, 0.29) is 24.3 Å². The molecule has 2 heterocycles. The third kappa shape index (κ3) is 3.33. The highest BCUT2D eigenvalue weighted by molar-refractivity contribution is 6.33. The van der Waals surface area contributed by atoms with E-state index in [9.17, 15) is 4.79 Å². The molecule has 0 aliphatic heterocycles. The van der Waals surface area contributed by atoms with Gasteiger partial charge in [-0.3, -0.25) is 4.79 Å². The van der Waals surface area contributed by atoms with Crippen molar-refractivity contribution in [3.63, 3.8) is 0 Å². The molecule has 0 fully saturated rings. The number of hydrogen-bond donors (Lipinski definition) is 0. The molecule has 3 rings (SSSR count). The second-order valence-corrected chi connectivity index (χ2v) is 5.89. The number of nitrogens with zero attached hydrogens (tertiary/aromatic N) is 3. The first-order valence-electron chi connectivity index (χ1n) is 7.48. The van der Waals surface area contributed by atoms with Gasteiger partial charge in [-0.05, 0) is 38.1 Å². The highest BCUT2D eigenvalue weighted by atomic mass is 35.5. The predicted molar refractivity (Wildman–Crippen MR) is 88.5 cm³/mol. The lowest BCUT2D eigenvalue weighted by molar-refractivity contribution is 0.0639. The quantitative estimate of drug-likeness (QED) is 0.698. The zero-order valence-electron chi connectivity index (χ0n) is 13.3. The minimum absolute atomic E-state index is 0.0572. The van der Waals surface area contributed by atoms with Gasteiger partial charge < -0.3 is 13.7 Å². The lowest BCUT2D eigenvalue weighted by atomic mass is 10.2. The molecule has 0 saturated heterocycles. The molecule has 0 aliphatic carbocycles. The van der Waals surface area contributed by atoms with Crippen molar-refractivity contribution in [2.24, 2.45) is 0 Å². The molecule has 124 valence electrons. The van der Waals surface area contributed by atoms with Crippen LogP contribution in [0.15, 0.2) is 51.5 Å². The first kappa shape index (κ1) is 16.3. The van der Waals surface area contributed by atoms with Gasteiger partial charge in [0.15, 0.2) is 5.76 Å². The van der Waals surface area contributed by atoms with Gasteiger partial charge >= 0.3 is 0 Å². The molecule has 1 aromatic carbocycles. The molecule has 7 heteroatoms. The Balaban J connectivity index is 1.82. The lowest BCUT2D eigenvalue weighted by Gasteiger charge is -2.23. The Morgan fingerprint density at radius 2 is 2.00 bits per heavy atom. The van der Waals surface area contributed by atoms with E-state index >= 15 is 0 Å². The Hall–Kier alpha value is -2.60. The van der Waals surface area contributed by atoms with Crippen molar-refractivity contribution in [2.45, 2.75) is 26.4 Å². The fraction of sp³-hybridized carbons (Fsp3) is 0.235. The maximum Gasteiger partial charge on any atom is 0.290 e. The van der Waals surface area contributed by atoms with E-state index in [0.717, 1.165) is 0 Å². The zero-order chi connectivity index (χ0) is 17.1. The number of halogens is 1. The SMILES string of the molecule is CC(C)N(Cc1nnc(-c2ccccc2Cl)o1)C(=O)c1ccco1. The van der Waals surface area contributed by atoms with Gasteiger partial charge in [0.2, 0.25) is 11.8 Å². The average Bonchev–Trinajstić information content (AvgIpc) is 3.24. The summed E-state index contributed by atoms with van der Waals surface area (Å²) in [5, 5.41) is 8.57. The Morgan fingerprint density at radius 1 is 1.21 bits per heavy atom. The van der Waals surface area contributed by atoms with Crippen molar-refractivity contribution in [3.8, 4) is 11.5 Å². The number of hydrogen-bond acceptors (Lipinski definition) is 5. The third-order valence-electron chi connectivity index (χ3n) is 3.49. The molecule has 1 amide bonds. The number of carbonyl (C=O) groups excluding carboxylic acids is 1. The number of carbonyl (C=O) groups is 1. The summed E-state index contributed by atoms with van der Waals surface area (Å²) in [6, 6.07) is 10.5. The summed E-state index contributed by atoms with van der Waals surface area (Å²) in [7, 11) is 0. The summed E-state index contributed by atoms with van der Waals surface area (Å²) >= 11 is 6.14. The van der Waals surface area contributed by atoms with Gasteiger partial charge in [-0.25, -0.2) is 0 Å². The van der Waals surface area contributed by atoms with E-state index in [0.29, 0.717) is 22.4 Å². The number of aromatic nitrogens is 2. The molecule has 24 heavy (non-hydrogen) atoms. The van der Waals surface area contributed by atoms with Crippen LogP contribution in [0.1, 0.15) is 30.3 Å². The van der Waals surface area contributed by atoms with Crippen LogP contribution in [-0.2, 0) is 6.54 Å². The molecule has 0 bridgehead atoms. The maximum absolute atomic E-state index is 12.5. The van der Waals surface area contributed by atoms with Gasteiger partial charge in [0.1, 0.15) is 0 Å². The van der Waals surface area contributed by atoms with Crippen LogP contribution in [0.25, 0.3) is 11.5 Å². The van der Waals surface area contributed by atoms with E-state index in [1.807, 2.05) is 26.0 Å². The standard InChI is InChI=1S/C17H16ClN3O3/c1-11(2)21(17(22)14-8-5-9-23-14)10-15-19-20-16(24-15)12-6-3-4-7-13(12)18/h3-9,11H,10H2,1-2H3. The van der Waals surface area contributed by atoms with Crippen molar-refractivity contribution < 1.29 is 13.6 Å². The fourth-order valence-corrected chi connectivity index (χ4v) is 2.45. The highest BCUT2D eigenvalue weighted by Gasteiger charge is 2.24. The molecule has 0 radical (unpaired) electrons. The Morgan fingerprint density at radius 3 is 2.67 bits per heavy atom. The van der Waals surface area contributed by atoms with Crippen molar-refractivity contribution in [1.29, 1.82) is 0 Å². The molecule has 0 atom stereocenters. The van der Waals surface area contributed by atoms with Crippen LogP contribution in [-0.4, -0.2) is 27.0 Å². The molecule has 6 nitrogen and oxygen atoms in total. The third-order valence-corrected chi connectivity index (χ3v) is 3.82. The summed E-state index contributed by atoms with van der Waals surface area (Å²) in [6.07, 6.45) is 1.47. The molecular weight excluding hydrogens is 330 g/mol. The van der Waals surface area contributed by atoms with E-state index < -0.39 is 0 Å². The first-order valence-corrected chi connectivity index (χ1v) is 7.86. The average molecular weight is 346 g/mol. The molecular formula is C17H16ClN3O3. The van der Waals surface area contributed by atoms with Crippen molar-refractivity contribution in [1.82, 2.24) is 15.1 Å². The van der Waals surface area contributed by atoms with Crippen LogP contribution in [0.5, 0.6) is 0 Å². The largest absolute Gasteiger partial charge is 0.459 e. The fourth-order valence-electron chi connectivity index (χ4n) is 2.24. The first-order chi connectivity index (χ1) is 11.6. The Labute approximate surface area is 144 Å². The topological polar surface area (TPSA) is 72.4 Å². The second kappa shape index (κ2) is 6.88. The van der Waals surface area contributed by atoms with Crippen molar-refractivity contribution in [3.05, 3.63) is 59.3 Å². The van der Waals surface area contributed by atoms with Crippen LogP contribution in [0, 0.1) is 0 Å². The number of rotatable bonds is 5. The van der Waals surface area contributed by atoms with Gasteiger partial charge in [-0.2, -0.15) is 0 Å². The summed E-state index contributed by atoms with van der Waals surface area (Å²) in [6.45, 7) is 4.01. The smallest absolute Gasteiger partial charge is 0.290 e. The van der Waals surface area contributed by atoms with Gasteiger partial charge in [0.05, 0.1) is 23.4 Å². The molecule has 0 spiro atoms. The van der Waals surface area contributed by atoms with Crippen LogP contribution in [0.2, 0.25) is 5.02 Å². The molecule has 0 aliphatic rings. The minimum Gasteiger partial charge on any atom is -0.459 e. The lowest BCUT2D eigenvalue weighted by Crippen LogP contribution is -2.36. The van der Waals surface area contributed by atoms with Crippen LogP contribution in [0.3, 0.4) is 0 Å². The van der Waals surface area contributed by atoms with Gasteiger partial charge in [-0.1, -0.05) is 23.7 Å². The minimum atomic E-state index is -0.229. The van der Waals surface area contributed by atoms with Crippen LogP contribution < -0.4 is 0 Å². The van der Waals surface area contributed by atoms with E-state index in [1.54, 1.807) is 29.2 Å². The second-order valence-electron chi connectivity index (χ2n) is 5.48. The molecule has 0 saturated carbocycles. The number of furan rings is 1. The summed E-state index contributed by atoms with van der Waals surface area (Å²) in [5.41, 5.74) is 0.659. The maximum atomic E-state index is 12.5. The van der Waals surface area contributed by atoms with Crippen molar-refractivity contribution >= 4 is 17.5 Å². The molecule has 2 aromatic heterocycles. The van der Waals surface area contributed by atoms with E-state index in [2.05, 4.69) is 10.2 Å². The van der Waals surface area contributed by atoms with Gasteiger partial charge in [0, 0.05) is 6.04 Å². The Bertz CT molecular complexity index is 827. The monoisotopic (exact) mass is 345 g/mol. The van der Waals surface area contributed by atoms with Crippen molar-refractivity contribution in [2.75, 3.05) is 0 Å². The normalized spacial score (nSPS) is 11.0. The number of amides is 1. The summed E-state index contributed by atoms with van der Waals surface area (Å²) < 4.78 is 10.8. The van der Waals surface area contributed by atoms with Crippen LogP contribution in [0.4, 0.5) is 0 Å². The zero-order valence-corrected chi connectivity index (χ0v) is 14.0. The summed E-state index contributed by atoms with van der Waals surface area (Å²) in [5.74, 6) is 0.699. The summed E-state index contributed by atoms with van der Waals surface area (Å²) in [4.78, 5) is 14.1. The molecule has 0 N–H and O–H groups in total. The van der Waals surface area contributed by atoms with E-state index in [1.165, 1.54) is 6.26 Å². The predicted octanol–water partition coefficient (Wildman–Crippen LogP) is 4.03. The highest BCUT2D eigenvalue weighted by Crippen LogP contribution is 2.26. The Kier molecular flexibility index (Phi) is 4.66. The van der Waals surface area contributed by atoms with Gasteiger partial charge in [-0.15, -0.1) is 10.2 Å².